The molecule has 0 spiro atoms. The molecule has 2 aromatic carbocycles. The molecule has 2 heterocycles. The summed E-state index contributed by atoms with van der Waals surface area (Å²) >= 11 is 0. The topological polar surface area (TPSA) is 78.3 Å². The minimum atomic E-state index is -0.206. The van der Waals surface area contributed by atoms with Crippen molar-refractivity contribution in [3.05, 3.63) is 71.9 Å². The number of benzene rings is 2. The molecule has 0 unspecified atom stereocenters. The highest BCUT2D eigenvalue weighted by atomic mass is 16.5. The second-order valence-corrected chi connectivity index (χ2v) is 7.82. The van der Waals surface area contributed by atoms with Gasteiger partial charge in [0.2, 0.25) is 0 Å². The Morgan fingerprint density at radius 2 is 1.88 bits per heavy atom. The molecule has 4 aromatic rings. The van der Waals surface area contributed by atoms with Gasteiger partial charge in [-0.1, -0.05) is 0 Å². The van der Waals surface area contributed by atoms with Gasteiger partial charge in [0.25, 0.3) is 5.91 Å². The number of aryl methyl sites for hydroxylation is 1. The van der Waals surface area contributed by atoms with Gasteiger partial charge in [-0.3, -0.25) is 9.78 Å². The van der Waals surface area contributed by atoms with Crippen LogP contribution in [0.5, 0.6) is 11.5 Å². The van der Waals surface area contributed by atoms with Gasteiger partial charge in [0, 0.05) is 40.8 Å². The highest BCUT2D eigenvalue weighted by molar-refractivity contribution is 6.07. The van der Waals surface area contributed by atoms with E-state index in [2.05, 4.69) is 14.9 Å². The number of methoxy groups -OCH3 is 2. The van der Waals surface area contributed by atoms with E-state index >= 15 is 0 Å². The van der Waals surface area contributed by atoms with Crippen molar-refractivity contribution in [1.82, 2.24) is 14.5 Å². The number of pyridine rings is 1. The van der Waals surface area contributed by atoms with Crippen molar-refractivity contribution >= 4 is 22.5 Å². The molecule has 5 rings (SSSR count). The lowest BCUT2D eigenvalue weighted by Crippen LogP contribution is -2.14. The molecule has 0 radical (unpaired) electrons. The number of nitrogens with one attached hydrogen (secondary N) is 1. The molecular formula is C25H24N4O3. The Labute approximate surface area is 186 Å². The Kier molecular flexibility index (Phi) is 5.23. The maximum absolute atomic E-state index is 13.0. The van der Waals surface area contributed by atoms with Crippen molar-refractivity contribution in [2.75, 3.05) is 19.5 Å². The summed E-state index contributed by atoms with van der Waals surface area (Å²) in [5.74, 6) is 0.960. The second kappa shape index (κ2) is 8.34. The fourth-order valence-corrected chi connectivity index (χ4v) is 4.34. The highest BCUT2D eigenvalue weighted by Gasteiger charge is 2.20. The van der Waals surface area contributed by atoms with Crippen LogP contribution >= 0.6 is 0 Å². The Morgan fingerprint density at radius 3 is 2.66 bits per heavy atom. The first-order valence-corrected chi connectivity index (χ1v) is 10.6. The largest absolute Gasteiger partial charge is 0.493 e. The first-order chi connectivity index (χ1) is 15.7. The molecule has 1 aliphatic rings. The van der Waals surface area contributed by atoms with E-state index in [4.69, 9.17) is 14.5 Å². The van der Waals surface area contributed by atoms with E-state index in [0.717, 1.165) is 48.0 Å². The summed E-state index contributed by atoms with van der Waals surface area (Å²) in [7, 11) is 3.14. The molecule has 0 saturated carbocycles. The molecule has 7 nitrogen and oxygen atoms in total. The van der Waals surface area contributed by atoms with Crippen LogP contribution in [0.25, 0.3) is 16.6 Å². The summed E-state index contributed by atoms with van der Waals surface area (Å²) in [4.78, 5) is 22.2. The fraction of sp³-hybridized carbons (Fsp3) is 0.240. The predicted octanol–water partition coefficient (Wildman–Crippen LogP) is 4.57. The summed E-state index contributed by atoms with van der Waals surface area (Å²) in [5, 5.41) is 3.96. The van der Waals surface area contributed by atoms with Crippen LogP contribution in [0.1, 0.15) is 34.5 Å². The monoisotopic (exact) mass is 428 g/mol. The lowest BCUT2D eigenvalue weighted by molar-refractivity contribution is 0.102. The highest BCUT2D eigenvalue weighted by Crippen LogP contribution is 2.33. The standard InChI is InChI=1S/C25H24N4O3/c1-31-22-10-8-17(14-23(22)32-2)27-25(30)16-7-9-19-21(13-16)28-20-6-4-3-5-18(20)24(19)29-12-11-26-15-29/h7-15H,3-6H2,1-2H3,(H,27,30). The quantitative estimate of drug-likeness (QED) is 0.504. The van der Waals surface area contributed by atoms with Gasteiger partial charge in [0.15, 0.2) is 11.5 Å². The maximum atomic E-state index is 13.0. The van der Waals surface area contributed by atoms with E-state index in [1.807, 2.05) is 30.7 Å². The predicted molar refractivity (Wildman–Crippen MR) is 123 cm³/mol. The van der Waals surface area contributed by atoms with Crippen molar-refractivity contribution in [1.29, 1.82) is 0 Å². The number of rotatable bonds is 5. The molecule has 162 valence electrons. The average molecular weight is 428 g/mol. The maximum Gasteiger partial charge on any atom is 0.255 e. The number of ether oxygens (including phenoxy) is 2. The van der Waals surface area contributed by atoms with Gasteiger partial charge in [-0.15, -0.1) is 0 Å². The van der Waals surface area contributed by atoms with Crippen LogP contribution in [0.3, 0.4) is 0 Å². The summed E-state index contributed by atoms with van der Waals surface area (Å²) in [6.07, 6.45) is 9.82. The molecular weight excluding hydrogens is 404 g/mol. The number of amides is 1. The minimum absolute atomic E-state index is 0.206. The van der Waals surface area contributed by atoms with Crippen molar-refractivity contribution in [2.45, 2.75) is 25.7 Å². The van der Waals surface area contributed by atoms with Crippen LogP contribution in [-0.2, 0) is 12.8 Å². The van der Waals surface area contributed by atoms with Crippen molar-refractivity contribution in [3.8, 4) is 17.2 Å². The van der Waals surface area contributed by atoms with Crippen LogP contribution in [0, 0.1) is 0 Å². The van der Waals surface area contributed by atoms with Gasteiger partial charge < -0.3 is 19.4 Å². The number of carbonyl (C=O) groups excluding carboxylic acids is 1. The zero-order chi connectivity index (χ0) is 22.1. The third kappa shape index (κ3) is 3.56. The van der Waals surface area contributed by atoms with Crippen molar-refractivity contribution in [2.24, 2.45) is 0 Å². The lowest BCUT2D eigenvalue weighted by Gasteiger charge is -2.21. The zero-order valence-electron chi connectivity index (χ0n) is 18.1. The molecule has 1 aliphatic carbocycles. The molecule has 1 amide bonds. The minimum Gasteiger partial charge on any atom is -0.493 e. The van der Waals surface area contributed by atoms with Gasteiger partial charge in [0.1, 0.15) is 0 Å². The molecule has 7 heteroatoms. The first kappa shape index (κ1) is 20.1. The lowest BCUT2D eigenvalue weighted by atomic mass is 9.92. The molecule has 0 bridgehead atoms. The molecule has 32 heavy (non-hydrogen) atoms. The Bertz CT molecular complexity index is 1300. The van der Waals surface area contributed by atoms with E-state index in [1.165, 1.54) is 5.56 Å². The van der Waals surface area contributed by atoms with Crippen LogP contribution in [0.4, 0.5) is 5.69 Å². The van der Waals surface area contributed by atoms with Crippen molar-refractivity contribution < 1.29 is 14.3 Å². The second-order valence-electron chi connectivity index (χ2n) is 7.82. The van der Waals surface area contributed by atoms with E-state index in [0.29, 0.717) is 22.7 Å². The van der Waals surface area contributed by atoms with Crippen LogP contribution in [-0.4, -0.2) is 34.7 Å². The third-order valence-corrected chi connectivity index (χ3v) is 5.90. The molecule has 2 aromatic heterocycles. The van der Waals surface area contributed by atoms with E-state index in [1.54, 1.807) is 38.6 Å². The number of aromatic nitrogens is 3. The number of hydrogen-bond donors (Lipinski definition) is 1. The number of fused-ring (bicyclic) bond motifs is 2. The van der Waals surface area contributed by atoms with E-state index < -0.39 is 0 Å². The summed E-state index contributed by atoms with van der Waals surface area (Å²) < 4.78 is 12.6. The molecule has 0 fully saturated rings. The van der Waals surface area contributed by atoms with Crippen molar-refractivity contribution in [3.63, 3.8) is 0 Å². The van der Waals surface area contributed by atoms with E-state index in [-0.39, 0.29) is 5.91 Å². The summed E-state index contributed by atoms with van der Waals surface area (Å²) in [6, 6.07) is 11.0. The number of hydrogen-bond acceptors (Lipinski definition) is 5. The first-order valence-electron chi connectivity index (χ1n) is 10.6. The molecule has 0 saturated heterocycles. The van der Waals surface area contributed by atoms with Gasteiger partial charge >= 0.3 is 0 Å². The number of imidazole rings is 1. The van der Waals surface area contributed by atoms with E-state index in [9.17, 15) is 4.79 Å². The summed E-state index contributed by atoms with van der Waals surface area (Å²) in [5.41, 5.74) is 5.51. The summed E-state index contributed by atoms with van der Waals surface area (Å²) in [6.45, 7) is 0. The smallest absolute Gasteiger partial charge is 0.255 e. The van der Waals surface area contributed by atoms with Gasteiger partial charge in [-0.05, 0) is 61.6 Å². The number of anilines is 1. The normalized spacial score (nSPS) is 12.9. The average Bonchev–Trinajstić information content (AvgIpc) is 3.36. The number of nitrogens with zero attached hydrogens (tertiary/aromatic N) is 3. The third-order valence-electron chi connectivity index (χ3n) is 5.90. The van der Waals surface area contributed by atoms with Crippen LogP contribution in [0.15, 0.2) is 55.1 Å². The van der Waals surface area contributed by atoms with Gasteiger partial charge in [-0.2, -0.15) is 0 Å². The SMILES string of the molecule is COc1ccc(NC(=O)c2ccc3c(-n4ccnc4)c4c(nc3c2)CCCC4)cc1OC. The number of carbonyl (C=O) groups is 1. The van der Waals surface area contributed by atoms with Crippen LogP contribution in [0.2, 0.25) is 0 Å². The van der Waals surface area contributed by atoms with Gasteiger partial charge in [0.05, 0.1) is 31.8 Å². The zero-order valence-corrected chi connectivity index (χ0v) is 18.1. The fourth-order valence-electron chi connectivity index (χ4n) is 4.34. The Morgan fingerprint density at radius 1 is 1.03 bits per heavy atom. The van der Waals surface area contributed by atoms with Gasteiger partial charge in [-0.25, -0.2) is 4.98 Å². The molecule has 0 aliphatic heterocycles. The molecule has 0 atom stereocenters. The Balaban J connectivity index is 1.53. The molecule has 1 N–H and O–H groups in total. The Hall–Kier alpha value is -3.87. The van der Waals surface area contributed by atoms with Crippen LogP contribution < -0.4 is 14.8 Å².